The number of carbonyl (C=O) groups is 1. The fourth-order valence-corrected chi connectivity index (χ4v) is 0. The summed E-state index contributed by atoms with van der Waals surface area (Å²) in [5.74, 6) is 0. The van der Waals surface area contributed by atoms with E-state index in [1.165, 1.54) is 0 Å². The van der Waals surface area contributed by atoms with E-state index in [0.717, 1.165) is 0 Å². The minimum Gasteiger partial charge on any atom is -0.726 e. The molecule has 0 bridgehead atoms. The number of carboxylic acid groups (broad SMARTS) is 1. The minimum atomic E-state index is -4.92. The van der Waals surface area contributed by atoms with Crippen LogP contribution >= 0.6 is 0 Å². The van der Waals surface area contributed by atoms with E-state index >= 15 is 0 Å². The summed E-state index contributed by atoms with van der Waals surface area (Å²) >= 11 is 0. The zero-order chi connectivity index (χ0) is 7.21. The third-order valence-electron chi connectivity index (χ3n) is 0. The van der Waals surface area contributed by atoms with Crippen LogP contribution in [0.3, 0.4) is 0 Å². The SMILES string of the molecule is O=CO.O=S(=O)([O-])O.[Cu+]. The predicted molar refractivity (Wildman–Crippen MR) is 21.0 cm³/mol. The van der Waals surface area contributed by atoms with Crippen molar-refractivity contribution in [2.75, 3.05) is 0 Å². The van der Waals surface area contributed by atoms with Crippen LogP contribution < -0.4 is 0 Å². The first-order valence-electron chi connectivity index (χ1n) is 1.18. The van der Waals surface area contributed by atoms with Crippen molar-refractivity contribution < 1.29 is 44.5 Å². The number of rotatable bonds is 0. The Bertz CT molecular complexity index is 127. The van der Waals surface area contributed by atoms with E-state index in [4.69, 9.17) is 27.4 Å². The van der Waals surface area contributed by atoms with Gasteiger partial charge in [0.25, 0.3) is 6.47 Å². The van der Waals surface area contributed by atoms with Gasteiger partial charge in [-0.25, -0.2) is 8.42 Å². The Morgan fingerprint density at radius 2 is 1.44 bits per heavy atom. The van der Waals surface area contributed by atoms with Crippen LogP contribution in [-0.4, -0.2) is 29.1 Å². The summed E-state index contributed by atoms with van der Waals surface area (Å²) in [5.41, 5.74) is 0. The number of hydrogen-bond donors (Lipinski definition) is 2. The Morgan fingerprint density at radius 3 is 1.44 bits per heavy atom. The molecule has 0 saturated heterocycles. The maximum atomic E-state index is 8.63. The van der Waals surface area contributed by atoms with Gasteiger partial charge in [0, 0.05) is 0 Å². The van der Waals surface area contributed by atoms with Crippen LogP contribution in [0.25, 0.3) is 0 Å². The van der Waals surface area contributed by atoms with Crippen LogP contribution in [0, 0.1) is 0 Å². The van der Waals surface area contributed by atoms with Gasteiger partial charge in [-0.15, -0.1) is 0 Å². The molecule has 2 N–H and O–H groups in total. The largest absolute Gasteiger partial charge is 1.00 e. The van der Waals surface area contributed by atoms with Crippen LogP contribution in [0.2, 0.25) is 0 Å². The van der Waals surface area contributed by atoms with Gasteiger partial charge in [0.05, 0.1) is 0 Å². The van der Waals surface area contributed by atoms with E-state index in [1.807, 2.05) is 0 Å². The first kappa shape index (κ1) is 15.9. The van der Waals surface area contributed by atoms with Gasteiger partial charge in [0.1, 0.15) is 0 Å². The second-order valence-corrected chi connectivity index (χ2v) is 1.39. The summed E-state index contributed by atoms with van der Waals surface area (Å²) in [6, 6.07) is 0. The fraction of sp³-hybridized carbons (Fsp3) is 0. The van der Waals surface area contributed by atoms with Crippen molar-refractivity contribution in [1.82, 2.24) is 0 Å². The van der Waals surface area contributed by atoms with Gasteiger partial charge >= 0.3 is 17.1 Å². The molecule has 0 saturated carbocycles. The quantitative estimate of drug-likeness (QED) is 0.220. The molecule has 0 radical (unpaired) electrons. The molecule has 0 aliphatic rings. The first-order chi connectivity index (χ1) is 3.41. The zero-order valence-corrected chi connectivity index (χ0v) is 5.57. The molecule has 9 heavy (non-hydrogen) atoms. The molecule has 0 aromatic carbocycles. The molecule has 0 aromatic heterocycles. The van der Waals surface area contributed by atoms with Crippen LogP contribution in [0.15, 0.2) is 0 Å². The average Bonchev–Trinajstić information content (AvgIpc) is 1.27. The molecule has 0 spiro atoms. The van der Waals surface area contributed by atoms with Gasteiger partial charge < -0.3 is 9.66 Å². The number of hydrogen-bond acceptors (Lipinski definition) is 4. The van der Waals surface area contributed by atoms with Crippen molar-refractivity contribution >= 4 is 16.9 Å². The van der Waals surface area contributed by atoms with E-state index in [2.05, 4.69) is 0 Å². The second-order valence-electron chi connectivity index (χ2n) is 0.533. The molecule has 0 amide bonds. The molecule has 0 aliphatic heterocycles. The Labute approximate surface area is 61.9 Å². The maximum absolute atomic E-state index is 8.63. The van der Waals surface area contributed by atoms with Crippen molar-refractivity contribution in [2.45, 2.75) is 0 Å². The molecule has 6 nitrogen and oxygen atoms in total. The fourth-order valence-electron chi connectivity index (χ4n) is 0. The Kier molecular flexibility index (Phi) is 13.9. The molecular formula is CH3CuO6S. The van der Waals surface area contributed by atoms with E-state index in [0.29, 0.717) is 0 Å². The predicted octanol–water partition coefficient (Wildman–Crippen LogP) is -1.30. The standard InChI is InChI=1S/CH2O2.Cu.H2O4S/c2-1-3;;1-5(2,3)4/h1H,(H,2,3);;(H2,1,2,3,4)/q;+1;/p-1. The van der Waals surface area contributed by atoms with E-state index in [9.17, 15) is 0 Å². The van der Waals surface area contributed by atoms with Crippen molar-refractivity contribution in [3.05, 3.63) is 0 Å². The van der Waals surface area contributed by atoms with Crippen LogP contribution in [0.4, 0.5) is 0 Å². The van der Waals surface area contributed by atoms with Gasteiger partial charge in [0.2, 0.25) is 10.4 Å². The summed E-state index contributed by atoms with van der Waals surface area (Å²) in [6.07, 6.45) is 0. The molecule has 0 aliphatic carbocycles. The second kappa shape index (κ2) is 7.86. The monoisotopic (exact) mass is 206 g/mol. The van der Waals surface area contributed by atoms with Crippen molar-refractivity contribution in [3.63, 3.8) is 0 Å². The summed E-state index contributed by atoms with van der Waals surface area (Å²) in [7, 11) is -4.92. The third kappa shape index (κ3) is 13700. The molecule has 0 heterocycles. The maximum Gasteiger partial charge on any atom is 1.00 e. The molecule has 60 valence electrons. The average molecular weight is 207 g/mol. The molecular weight excluding hydrogens is 204 g/mol. The topological polar surface area (TPSA) is 115 Å². The van der Waals surface area contributed by atoms with Crippen molar-refractivity contribution in [2.24, 2.45) is 0 Å². The van der Waals surface area contributed by atoms with Crippen molar-refractivity contribution in [3.8, 4) is 0 Å². The van der Waals surface area contributed by atoms with E-state index < -0.39 is 10.4 Å². The molecule has 0 fully saturated rings. The molecule has 0 aromatic rings. The molecule has 0 unspecified atom stereocenters. The Balaban J connectivity index is -0.0000000800. The van der Waals surface area contributed by atoms with Gasteiger partial charge in [-0.1, -0.05) is 0 Å². The van der Waals surface area contributed by atoms with Crippen LogP contribution in [-0.2, 0) is 32.3 Å². The Hall–Kier alpha value is -0.141. The minimum absolute atomic E-state index is 0. The smallest absolute Gasteiger partial charge is 0.726 e. The van der Waals surface area contributed by atoms with E-state index in [-0.39, 0.29) is 23.5 Å². The normalized spacial score (nSPS) is 7.78. The molecule has 8 heteroatoms. The molecule has 0 rings (SSSR count). The van der Waals surface area contributed by atoms with Crippen LogP contribution in [0.1, 0.15) is 0 Å². The third-order valence-corrected chi connectivity index (χ3v) is 0. The Morgan fingerprint density at radius 1 is 1.44 bits per heavy atom. The van der Waals surface area contributed by atoms with Crippen LogP contribution in [0.5, 0.6) is 0 Å². The van der Waals surface area contributed by atoms with Gasteiger partial charge in [-0.2, -0.15) is 0 Å². The summed E-state index contributed by atoms with van der Waals surface area (Å²) in [6.45, 7) is -0.250. The van der Waals surface area contributed by atoms with Gasteiger partial charge in [0.15, 0.2) is 0 Å². The summed E-state index contributed by atoms with van der Waals surface area (Å²) in [5, 5.41) is 6.89. The summed E-state index contributed by atoms with van der Waals surface area (Å²) < 4.78 is 32.8. The summed E-state index contributed by atoms with van der Waals surface area (Å²) in [4.78, 5) is 8.36. The van der Waals surface area contributed by atoms with Gasteiger partial charge in [-0.05, 0) is 0 Å². The van der Waals surface area contributed by atoms with E-state index in [1.54, 1.807) is 0 Å². The molecule has 0 atom stereocenters. The first-order valence-corrected chi connectivity index (χ1v) is 2.54. The van der Waals surface area contributed by atoms with Crippen molar-refractivity contribution in [1.29, 1.82) is 0 Å². The zero-order valence-electron chi connectivity index (χ0n) is 3.81. The van der Waals surface area contributed by atoms with Gasteiger partial charge in [-0.3, -0.25) is 9.35 Å².